The van der Waals surface area contributed by atoms with Gasteiger partial charge in [-0.05, 0) is 37.7 Å². The predicted octanol–water partition coefficient (Wildman–Crippen LogP) is 3.61. The SMILES string of the molecule is CCn1ccnc1SCC(=O)Nc1sc2c(c1C(=O)OC)CCC(C)C2. The molecule has 0 spiro atoms. The van der Waals surface area contributed by atoms with Crippen LogP contribution in [0.25, 0.3) is 0 Å². The quantitative estimate of drug-likeness (QED) is 0.600. The van der Waals surface area contributed by atoms with Gasteiger partial charge in [-0.25, -0.2) is 9.78 Å². The molecule has 2 aromatic heterocycles. The summed E-state index contributed by atoms with van der Waals surface area (Å²) < 4.78 is 6.95. The molecule has 2 heterocycles. The number of hydrogen-bond donors (Lipinski definition) is 1. The van der Waals surface area contributed by atoms with Crippen molar-refractivity contribution in [2.24, 2.45) is 5.92 Å². The molecule has 6 nitrogen and oxygen atoms in total. The van der Waals surface area contributed by atoms with E-state index in [2.05, 4.69) is 17.2 Å². The second-order valence-corrected chi connectivity index (χ2v) is 8.43. The maximum absolute atomic E-state index is 12.4. The first-order valence-corrected chi connectivity index (χ1v) is 10.5. The zero-order valence-electron chi connectivity index (χ0n) is 15.2. The molecule has 0 aliphatic heterocycles. The molecule has 0 radical (unpaired) electrons. The van der Waals surface area contributed by atoms with Crippen LogP contribution in [0, 0.1) is 5.92 Å². The number of anilines is 1. The average Bonchev–Trinajstić information content (AvgIpc) is 3.22. The Kier molecular flexibility index (Phi) is 6.03. The summed E-state index contributed by atoms with van der Waals surface area (Å²) in [6, 6.07) is 0. The van der Waals surface area contributed by atoms with Crippen LogP contribution in [0.4, 0.5) is 5.00 Å². The van der Waals surface area contributed by atoms with Crippen LogP contribution in [-0.4, -0.2) is 34.3 Å². The first-order valence-electron chi connectivity index (χ1n) is 8.70. The van der Waals surface area contributed by atoms with Gasteiger partial charge in [-0.1, -0.05) is 18.7 Å². The van der Waals surface area contributed by atoms with Crippen LogP contribution in [0.15, 0.2) is 17.6 Å². The number of ether oxygens (including phenoxy) is 1. The summed E-state index contributed by atoms with van der Waals surface area (Å²) in [6.07, 6.45) is 6.48. The first kappa shape index (κ1) is 19.0. The Morgan fingerprint density at radius 3 is 3.04 bits per heavy atom. The molecule has 1 aliphatic carbocycles. The fourth-order valence-corrected chi connectivity index (χ4v) is 5.36. The molecule has 26 heavy (non-hydrogen) atoms. The molecule has 0 saturated carbocycles. The van der Waals surface area contributed by atoms with Crippen LogP contribution in [-0.2, 0) is 28.9 Å². The van der Waals surface area contributed by atoms with Gasteiger partial charge in [-0.3, -0.25) is 4.79 Å². The second kappa shape index (κ2) is 8.26. The normalized spacial score (nSPS) is 16.2. The molecule has 1 aliphatic rings. The monoisotopic (exact) mass is 393 g/mol. The molecule has 1 amide bonds. The van der Waals surface area contributed by atoms with Gasteiger partial charge in [0, 0.05) is 23.8 Å². The van der Waals surface area contributed by atoms with E-state index in [1.54, 1.807) is 6.20 Å². The number of aryl methyl sites for hydroxylation is 1. The van der Waals surface area contributed by atoms with Crippen molar-refractivity contribution in [3.63, 3.8) is 0 Å². The zero-order valence-corrected chi connectivity index (χ0v) is 16.8. The smallest absolute Gasteiger partial charge is 0.341 e. The van der Waals surface area contributed by atoms with Gasteiger partial charge >= 0.3 is 5.97 Å². The lowest BCUT2D eigenvalue weighted by atomic mass is 9.88. The van der Waals surface area contributed by atoms with E-state index < -0.39 is 0 Å². The van der Waals surface area contributed by atoms with Crippen LogP contribution in [0.5, 0.6) is 0 Å². The van der Waals surface area contributed by atoms with Gasteiger partial charge in [0.25, 0.3) is 0 Å². The van der Waals surface area contributed by atoms with E-state index >= 15 is 0 Å². The number of aromatic nitrogens is 2. The number of nitrogens with zero attached hydrogens (tertiary/aromatic N) is 2. The number of imidazole rings is 1. The lowest BCUT2D eigenvalue weighted by Crippen LogP contribution is -2.17. The van der Waals surface area contributed by atoms with E-state index in [1.165, 1.54) is 35.1 Å². The number of esters is 1. The van der Waals surface area contributed by atoms with Crippen molar-refractivity contribution in [3.8, 4) is 0 Å². The van der Waals surface area contributed by atoms with Crippen LogP contribution in [0.1, 0.15) is 41.1 Å². The standard InChI is InChI=1S/C18H23N3O3S2/c1-4-21-8-7-19-18(21)25-10-14(22)20-16-15(17(23)24-3)12-6-5-11(2)9-13(12)26-16/h7-8,11H,4-6,9-10H2,1-3H3,(H,20,22). The van der Waals surface area contributed by atoms with Crippen molar-refractivity contribution < 1.29 is 14.3 Å². The van der Waals surface area contributed by atoms with Crippen molar-refractivity contribution in [3.05, 3.63) is 28.4 Å². The van der Waals surface area contributed by atoms with Crippen LogP contribution in [0.2, 0.25) is 0 Å². The molecule has 140 valence electrons. The molecule has 2 aromatic rings. The van der Waals surface area contributed by atoms with Gasteiger partial charge < -0.3 is 14.6 Å². The maximum atomic E-state index is 12.4. The summed E-state index contributed by atoms with van der Waals surface area (Å²) in [6.45, 7) is 5.06. The van der Waals surface area contributed by atoms with Crippen molar-refractivity contribution in [1.29, 1.82) is 0 Å². The Balaban J connectivity index is 1.74. The van der Waals surface area contributed by atoms with Crippen LogP contribution >= 0.6 is 23.1 Å². The van der Waals surface area contributed by atoms with E-state index in [9.17, 15) is 9.59 Å². The van der Waals surface area contributed by atoms with E-state index in [0.717, 1.165) is 36.5 Å². The summed E-state index contributed by atoms with van der Waals surface area (Å²) in [5.41, 5.74) is 1.58. The van der Waals surface area contributed by atoms with Gasteiger partial charge in [0.1, 0.15) is 5.00 Å². The Morgan fingerprint density at radius 2 is 2.31 bits per heavy atom. The Bertz CT molecular complexity index is 813. The van der Waals surface area contributed by atoms with E-state index in [-0.39, 0.29) is 17.6 Å². The third kappa shape index (κ3) is 3.96. The minimum absolute atomic E-state index is 0.141. The fraction of sp³-hybridized carbons (Fsp3) is 0.500. The highest BCUT2D eigenvalue weighted by Gasteiger charge is 2.28. The van der Waals surface area contributed by atoms with Gasteiger partial charge in [0.05, 0.1) is 18.4 Å². The predicted molar refractivity (Wildman–Crippen MR) is 104 cm³/mol. The van der Waals surface area contributed by atoms with Crippen LogP contribution < -0.4 is 5.32 Å². The van der Waals surface area contributed by atoms with Crippen molar-refractivity contribution >= 4 is 40.0 Å². The lowest BCUT2D eigenvalue weighted by Gasteiger charge is -2.18. The zero-order chi connectivity index (χ0) is 18.7. The largest absolute Gasteiger partial charge is 0.465 e. The minimum atomic E-state index is -0.374. The number of amides is 1. The summed E-state index contributed by atoms with van der Waals surface area (Å²) in [5, 5.41) is 4.35. The van der Waals surface area contributed by atoms with Crippen LogP contribution in [0.3, 0.4) is 0 Å². The summed E-state index contributed by atoms with van der Waals surface area (Å²) in [4.78, 5) is 30.2. The molecule has 1 atom stereocenters. The van der Waals surface area contributed by atoms with Crippen molar-refractivity contribution in [2.75, 3.05) is 18.2 Å². The number of rotatable bonds is 6. The number of fused-ring (bicyclic) bond motifs is 1. The second-order valence-electron chi connectivity index (χ2n) is 6.38. The molecule has 0 fully saturated rings. The molecule has 1 unspecified atom stereocenters. The number of thioether (sulfide) groups is 1. The third-order valence-electron chi connectivity index (χ3n) is 4.50. The highest BCUT2D eigenvalue weighted by Crippen LogP contribution is 2.40. The van der Waals surface area contributed by atoms with E-state index in [0.29, 0.717) is 16.5 Å². The lowest BCUT2D eigenvalue weighted by molar-refractivity contribution is -0.113. The van der Waals surface area contributed by atoms with Gasteiger partial charge in [0.15, 0.2) is 5.16 Å². The topological polar surface area (TPSA) is 73.2 Å². The molecule has 3 rings (SSSR count). The third-order valence-corrected chi connectivity index (χ3v) is 6.68. The Hall–Kier alpha value is -1.80. The number of hydrogen-bond acceptors (Lipinski definition) is 6. The summed E-state index contributed by atoms with van der Waals surface area (Å²) in [5.74, 6) is 0.328. The number of carbonyl (C=O) groups excluding carboxylic acids is 2. The summed E-state index contributed by atoms with van der Waals surface area (Å²) in [7, 11) is 1.38. The van der Waals surface area contributed by atoms with Gasteiger partial charge in [0.2, 0.25) is 5.91 Å². The number of thiophene rings is 1. The van der Waals surface area contributed by atoms with E-state index in [1.807, 2.05) is 17.7 Å². The molecule has 0 bridgehead atoms. The number of carbonyl (C=O) groups is 2. The molecular weight excluding hydrogens is 370 g/mol. The summed E-state index contributed by atoms with van der Waals surface area (Å²) >= 11 is 2.90. The molecular formula is C18H23N3O3S2. The highest BCUT2D eigenvalue weighted by molar-refractivity contribution is 7.99. The maximum Gasteiger partial charge on any atom is 0.341 e. The number of methoxy groups -OCH3 is 1. The van der Waals surface area contributed by atoms with Gasteiger partial charge in [-0.2, -0.15) is 0 Å². The Morgan fingerprint density at radius 1 is 1.50 bits per heavy atom. The van der Waals surface area contributed by atoms with Crippen molar-refractivity contribution in [2.45, 2.75) is 44.8 Å². The Labute approximate surface area is 161 Å². The molecule has 8 heteroatoms. The first-order chi connectivity index (χ1) is 12.5. The highest BCUT2D eigenvalue weighted by atomic mass is 32.2. The molecule has 0 aromatic carbocycles. The average molecular weight is 394 g/mol. The fourth-order valence-electron chi connectivity index (χ4n) is 3.13. The minimum Gasteiger partial charge on any atom is -0.465 e. The van der Waals surface area contributed by atoms with E-state index in [4.69, 9.17) is 4.74 Å². The molecule has 1 N–H and O–H groups in total. The van der Waals surface area contributed by atoms with Crippen molar-refractivity contribution in [1.82, 2.24) is 9.55 Å². The van der Waals surface area contributed by atoms with Gasteiger partial charge in [-0.15, -0.1) is 11.3 Å². The number of nitrogens with one attached hydrogen (secondary N) is 1. The molecule has 0 saturated heterocycles.